The molecule has 0 bridgehead atoms. The van der Waals surface area contributed by atoms with Crippen LogP contribution < -0.4 is 24.8 Å². The summed E-state index contributed by atoms with van der Waals surface area (Å²) in [4.78, 5) is 24.9. The highest BCUT2D eigenvalue weighted by Crippen LogP contribution is 2.37. The second-order valence-corrected chi connectivity index (χ2v) is 8.00. The Kier molecular flexibility index (Phi) is 8.92. The molecule has 2 amide bonds. The fourth-order valence-electron chi connectivity index (χ4n) is 3.21. The molecule has 8 nitrogen and oxygen atoms in total. The smallest absolute Gasteiger partial charge is 0.266 e. The lowest BCUT2D eigenvalue weighted by Crippen LogP contribution is -2.20. The van der Waals surface area contributed by atoms with Crippen molar-refractivity contribution in [2.24, 2.45) is 0 Å². The fraction of sp³-hybridized carbons (Fsp3) is 0.148. The van der Waals surface area contributed by atoms with E-state index in [4.69, 9.17) is 25.8 Å². The molecule has 0 aromatic heterocycles. The summed E-state index contributed by atoms with van der Waals surface area (Å²) >= 11 is 6.38. The van der Waals surface area contributed by atoms with E-state index in [0.717, 1.165) is 5.56 Å². The largest absolute Gasteiger partial charge is 0.497 e. The molecule has 0 aliphatic rings. The zero-order chi connectivity index (χ0) is 26.1. The van der Waals surface area contributed by atoms with E-state index in [0.29, 0.717) is 22.7 Å². The lowest BCUT2D eigenvalue weighted by molar-refractivity contribution is -0.118. The number of nitrogens with one attached hydrogen (secondary N) is 2. The van der Waals surface area contributed by atoms with Gasteiger partial charge < -0.3 is 24.8 Å². The normalized spacial score (nSPS) is 10.7. The predicted molar refractivity (Wildman–Crippen MR) is 139 cm³/mol. The number of hydrogen-bond donors (Lipinski definition) is 2. The Morgan fingerprint density at radius 2 is 1.75 bits per heavy atom. The van der Waals surface area contributed by atoms with Crippen LogP contribution >= 0.6 is 11.6 Å². The van der Waals surface area contributed by atoms with Crippen LogP contribution in [0.4, 0.5) is 11.4 Å². The molecule has 0 radical (unpaired) electrons. The number of benzene rings is 3. The average Bonchev–Trinajstić information content (AvgIpc) is 2.86. The second-order valence-electron chi connectivity index (χ2n) is 7.59. The molecule has 0 atom stereocenters. The molecular formula is C27H24ClN3O5. The molecule has 0 fully saturated rings. The molecule has 9 heteroatoms. The fourth-order valence-corrected chi connectivity index (χ4v) is 3.48. The Balaban J connectivity index is 1.72. The van der Waals surface area contributed by atoms with Crippen molar-refractivity contribution in [3.8, 4) is 23.3 Å². The van der Waals surface area contributed by atoms with E-state index >= 15 is 0 Å². The van der Waals surface area contributed by atoms with Gasteiger partial charge in [0.25, 0.3) is 11.8 Å². The lowest BCUT2D eigenvalue weighted by atomic mass is 10.1. The molecule has 36 heavy (non-hydrogen) atoms. The maximum absolute atomic E-state index is 12.6. The highest BCUT2D eigenvalue weighted by Gasteiger charge is 2.16. The molecular weight excluding hydrogens is 482 g/mol. The lowest BCUT2D eigenvalue weighted by Gasteiger charge is -2.14. The Hall–Kier alpha value is -4.48. The molecule has 2 N–H and O–H groups in total. The van der Waals surface area contributed by atoms with Crippen LogP contribution in [0, 0.1) is 18.3 Å². The minimum atomic E-state index is -0.592. The quantitative estimate of drug-likeness (QED) is 0.304. The van der Waals surface area contributed by atoms with Crippen molar-refractivity contribution < 1.29 is 23.8 Å². The number of anilines is 2. The first kappa shape index (κ1) is 26.1. The third-order valence-electron chi connectivity index (χ3n) is 4.93. The van der Waals surface area contributed by atoms with E-state index in [1.165, 1.54) is 19.3 Å². The van der Waals surface area contributed by atoms with E-state index in [1.54, 1.807) is 43.5 Å². The third-order valence-corrected chi connectivity index (χ3v) is 5.21. The Morgan fingerprint density at radius 1 is 1.00 bits per heavy atom. The minimum Gasteiger partial charge on any atom is -0.497 e. The van der Waals surface area contributed by atoms with Crippen molar-refractivity contribution in [2.45, 2.75) is 6.92 Å². The van der Waals surface area contributed by atoms with Crippen molar-refractivity contribution >= 4 is 40.9 Å². The van der Waals surface area contributed by atoms with Crippen molar-refractivity contribution in [1.82, 2.24) is 0 Å². The number of halogens is 1. The van der Waals surface area contributed by atoms with Gasteiger partial charge in [-0.05, 0) is 72.7 Å². The molecule has 0 aliphatic heterocycles. The zero-order valence-corrected chi connectivity index (χ0v) is 20.7. The standard InChI is InChI=1S/C27H24ClN3O5/c1-17-5-4-6-21(11-17)30-25(32)16-36-26-23(28)13-18(14-24(26)35-3)12-19(15-29)27(33)31-20-7-9-22(34-2)10-8-20/h4-14H,16H2,1-3H3,(H,30,32)(H,31,33)/b19-12+. The summed E-state index contributed by atoms with van der Waals surface area (Å²) in [6, 6.07) is 19.0. The molecule has 0 aliphatic carbocycles. The first-order chi connectivity index (χ1) is 17.3. The van der Waals surface area contributed by atoms with Gasteiger partial charge in [0.05, 0.1) is 19.2 Å². The summed E-state index contributed by atoms with van der Waals surface area (Å²) in [6.45, 7) is 1.63. The van der Waals surface area contributed by atoms with Gasteiger partial charge in [0.2, 0.25) is 0 Å². The van der Waals surface area contributed by atoms with Gasteiger partial charge in [0.1, 0.15) is 17.4 Å². The van der Waals surface area contributed by atoms with Crippen LogP contribution in [0.1, 0.15) is 11.1 Å². The Bertz CT molecular complexity index is 1330. The highest BCUT2D eigenvalue weighted by molar-refractivity contribution is 6.32. The number of carbonyl (C=O) groups is 2. The van der Waals surface area contributed by atoms with Gasteiger partial charge in [-0.15, -0.1) is 0 Å². The van der Waals surface area contributed by atoms with Gasteiger partial charge in [-0.25, -0.2) is 0 Å². The van der Waals surface area contributed by atoms with Crippen LogP contribution in [-0.2, 0) is 9.59 Å². The predicted octanol–water partition coefficient (Wildman–Crippen LogP) is 5.23. The molecule has 3 rings (SSSR count). The van der Waals surface area contributed by atoms with Gasteiger partial charge >= 0.3 is 0 Å². The summed E-state index contributed by atoms with van der Waals surface area (Å²) in [6.07, 6.45) is 1.38. The molecule has 0 unspecified atom stereocenters. The van der Waals surface area contributed by atoms with Gasteiger partial charge in [0.15, 0.2) is 18.1 Å². The Labute approximate surface area is 214 Å². The van der Waals surface area contributed by atoms with E-state index in [2.05, 4.69) is 10.6 Å². The van der Waals surface area contributed by atoms with Crippen LogP contribution in [0.2, 0.25) is 5.02 Å². The molecule has 0 saturated heterocycles. The first-order valence-corrected chi connectivity index (χ1v) is 11.1. The van der Waals surface area contributed by atoms with Gasteiger partial charge in [-0.3, -0.25) is 9.59 Å². The maximum atomic E-state index is 12.6. The van der Waals surface area contributed by atoms with E-state index < -0.39 is 5.91 Å². The van der Waals surface area contributed by atoms with Gasteiger partial charge in [0, 0.05) is 11.4 Å². The summed E-state index contributed by atoms with van der Waals surface area (Å²) in [5, 5.41) is 15.1. The van der Waals surface area contributed by atoms with Crippen LogP contribution in [0.15, 0.2) is 66.2 Å². The van der Waals surface area contributed by atoms with Crippen LogP contribution in [0.3, 0.4) is 0 Å². The topological polar surface area (TPSA) is 110 Å². The average molecular weight is 506 g/mol. The number of amides is 2. The number of aryl methyl sites for hydroxylation is 1. The van der Waals surface area contributed by atoms with E-state index in [-0.39, 0.29) is 34.6 Å². The van der Waals surface area contributed by atoms with Crippen LogP contribution in [0.5, 0.6) is 17.2 Å². The summed E-state index contributed by atoms with van der Waals surface area (Å²) in [5.41, 5.74) is 2.46. The molecule has 0 heterocycles. The van der Waals surface area contributed by atoms with Crippen molar-refractivity contribution in [2.75, 3.05) is 31.5 Å². The third kappa shape index (κ3) is 7.01. The molecule has 184 valence electrons. The monoisotopic (exact) mass is 505 g/mol. The van der Waals surface area contributed by atoms with Crippen molar-refractivity contribution in [1.29, 1.82) is 5.26 Å². The number of hydrogen-bond acceptors (Lipinski definition) is 6. The molecule has 3 aromatic rings. The van der Waals surface area contributed by atoms with Gasteiger partial charge in [-0.2, -0.15) is 5.26 Å². The summed E-state index contributed by atoms with van der Waals surface area (Å²) < 4.78 is 16.1. The van der Waals surface area contributed by atoms with Crippen LogP contribution in [-0.4, -0.2) is 32.6 Å². The van der Waals surface area contributed by atoms with Crippen LogP contribution in [0.25, 0.3) is 6.08 Å². The maximum Gasteiger partial charge on any atom is 0.266 e. The van der Waals surface area contributed by atoms with Crippen molar-refractivity contribution in [3.63, 3.8) is 0 Å². The van der Waals surface area contributed by atoms with Crippen molar-refractivity contribution in [3.05, 3.63) is 82.4 Å². The highest BCUT2D eigenvalue weighted by atomic mass is 35.5. The number of nitriles is 1. The Morgan fingerprint density at radius 3 is 2.39 bits per heavy atom. The minimum absolute atomic E-state index is 0.143. The molecule has 0 saturated carbocycles. The van der Waals surface area contributed by atoms with E-state index in [9.17, 15) is 14.9 Å². The SMILES string of the molecule is COc1ccc(NC(=O)/C(C#N)=C/c2cc(Cl)c(OCC(=O)Nc3cccc(C)c3)c(OC)c2)cc1. The number of carbonyl (C=O) groups excluding carboxylic acids is 2. The first-order valence-electron chi connectivity index (χ1n) is 10.8. The summed E-state index contributed by atoms with van der Waals surface area (Å²) in [7, 11) is 2.96. The zero-order valence-electron chi connectivity index (χ0n) is 19.9. The van der Waals surface area contributed by atoms with E-state index in [1.807, 2.05) is 31.2 Å². The number of ether oxygens (including phenoxy) is 3. The number of nitrogens with zero attached hydrogens (tertiary/aromatic N) is 1. The second kappa shape index (κ2) is 12.3. The number of rotatable bonds is 9. The summed E-state index contributed by atoms with van der Waals surface area (Å²) in [5.74, 6) is 0.0816. The molecule has 0 spiro atoms. The number of methoxy groups -OCH3 is 2. The van der Waals surface area contributed by atoms with Gasteiger partial charge in [-0.1, -0.05) is 23.7 Å². The molecule has 3 aromatic carbocycles.